The highest BCUT2D eigenvalue weighted by Crippen LogP contribution is 2.35. The molecular weight excluding hydrogens is 464 g/mol. The molecule has 1 unspecified atom stereocenters. The van der Waals surface area contributed by atoms with Crippen molar-refractivity contribution in [3.8, 4) is 0 Å². The predicted molar refractivity (Wildman–Crippen MR) is 137 cm³/mol. The van der Waals surface area contributed by atoms with Crippen molar-refractivity contribution in [1.29, 1.82) is 0 Å². The Kier molecular flexibility index (Phi) is 6.20. The third-order valence-corrected chi connectivity index (χ3v) is 5.99. The monoisotopic (exact) mass is 486 g/mol. The zero-order valence-electron chi connectivity index (χ0n) is 19.2. The van der Waals surface area contributed by atoms with Crippen LogP contribution in [0, 0.1) is 0 Å². The molecule has 1 atom stereocenters. The lowest BCUT2D eigenvalue weighted by Gasteiger charge is -2.27. The van der Waals surface area contributed by atoms with Gasteiger partial charge in [-0.15, -0.1) is 0 Å². The van der Waals surface area contributed by atoms with Crippen molar-refractivity contribution in [3.63, 3.8) is 0 Å². The number of aromatic nitrogens is 2. The molecule has 1 aliphatic heterocycles. The summed E-state index contributed by atoms with van der Waals surface area (Å²) in [5.41, 5.74) is 4.71. The van der Waals surface area contributed by atoms with Crippen LogP contribution in [0.4, 0.5) is 11.7 Å². The van der Waals surface area contributed by atoms with Gasteiger partial charge in [0.2, 0.25) is 5.96 Å². The first-order valence-electron chi connectivity index (χ1n) is 11.2. The normalized spacial score (nSPS) is 15.5. The van der Waals surface area contributed by atoms with E-state index in [1.54, 1.807) is 12.3 Å². The van der Waals surface area contributed by atoms with E-state index in [9.17, 15) is 4.79 Å². The summed E-state index contributed by atoms with van der Waals surface area (Å²) in [6.45, 7) is 3.85. The van der Waals surface area contributed by atoms with Crippen molar-refractivity contribution >= 4 is 46.3 Å². The zero-order chi connectivity index (χ0) is 24.4. The second kappa shape index (κ2) is 9.60. The van der Waals surface area contributed by atoms with Crippen LogP contribution in [-0.4, -0.2) is 21.8 Å². The summed E-state index contributed by atoms with van der Waals surface area (Å²) in [7, 11) is 0. The van der Waals surface area contributed by atoms with Crippen molar-refractivity contribution in [2.24, 2.45) is 4.99 Å². The number of benzene rings is 2. The Hall–Kier alpha value is -4.17. The molecule has 0 saturated carbocycles. The molecule has 35 heavy (non-hydrogen) atoms. The van der Waals surface area contributed by atoms with E-state index in [2.05, 4.69) is 25.9 Å². The average Bonchev–Trinajstić information content (AvgIpc) is 3.26. The summed E-state index contributed by atoms with van der Waals surface area (Å²) < 4.78 is 5.77. The molecule has 0 spiro atoms. The summed E-state index contributed by atoms with van der Waals surface area (Å²) in [5.74, 6) is 0.0973. The minimum absolute atomic E-state index is 0.290. The van der Waals surface area contributed by atoms with Crippen molar-refractivity contribution in [1.82, 2.24) is 15.3 Å². The predicted octanol–water partition coefficient (Wildman–Crippen LogP) is 5.46. The van der Waals surface area contributed by atoms with E-state index in [4.69, 9.17) is 21.0 Å². The summed E-state index contributed by atoms with van der Waals surface area (Å²) >= 11 is 6.52. The van der Waals surface area contributed by atoms with E-state index in [1.807, 2.05) is 68.4 Å². The lowest BCUT2D eigenvalue weighted by atomic mass is 9.95. The number of hydrogen-bond acceptors (Lipinski definition) is 7. The smallest absolute Gasteiger partial charge is 0.302 e. The molecule has 3 heterocycles. The Bertz CT molecular complexity index is 1430. The van der Waals surface area contributed by atoms with Crippen LogP contribution in [0.25, 0.3) is 11.1 Å². The van der Waals surface area contributed by atoms with Gasteiger partial charge in [0.1, 0.15) is 11.6 Å². The van der Waals surface area contributed by atoms with Crippen LogP contribution in [0.15, 0.2) is 87.5 Å². The van der Waals surface area contributed by atoms with Crippen LogP contribution >= 0.6 is 11.6 Å². The SMILES string of the molecule is CCc1ccc(NC(=O)C2=C(C)NC(Nc3nc4ccccc4o3)=NC2c2ccccc2Cl)cn1. The lowest BCUT2D eigenvalue weighted by Crippen LogP contribution is -2.37. The third kappa shape index (κ3) is 4.74. The number of nitrogens with zero attached hydrogens (tertiary/aromatic N) is 3. The number of guanidine groups is 1. The van der Waals surface area contributed by atoms with Crippen LogP contribution < -0.4 is 16.0 Å². The molecule has 3 N–H and O–H groups in total. The second-order valence-corrected chi connectivity index (χ2v) is 8.43. The van der Waals surface area contributed by atoms with Crippen molar-refractivity contribution < 1.29 is 9.21 Å². The number of carbonyl (C=O) groups is 1. The van der Waals surface area contributed by atoms with E-state index in [-0.39, 0.29) is 11.9 Å². The summed E-state index contributed by atoms with van der Waals surface area (Å²) in [4.78, 5) is 27.0. The van der Waals surface area contributed by atoms with Gasteiger partial charge in [-0.2, -0.15) is 4.98 Å². The van der Waals surface area contributed by atoms with Gasteiger partial charge in [-0.3, -0.25) is 15.1 Å². The number of aliphatic imine (C=N–C) groups is 1. The number of allylic oxidation sites excluding steroid dienone is 1. The summed E-state index contributed by atoms with van der Waals surface area (Å²) in [6, 6.07) is 18.2. The summed E-state index contributed by atoms with van der Waals surface area (Å²) in [5, 5.41) is 9.69. The molecule has 0 radical (unpaired) electrons. The molecule has 0 bridgehead atoms. The molecule has 0 saturated heterocycles. The van der Waals surface area contributed by atoms with E-state index in [0.29, 0.717) is 39.1 Å². The van der Waals surface area contributed by atoms with Crippen LogP contribution in [0.5, 0.6) is 0 Å². The molecule has 176 valence electrons. The topological polar surface area (TPSA) is 104 Å². The maximum absolute atomic E-state index is 13.4. The molecular formula is C26H23ClN6O2. The molecule has 5 rings (SSSR count). The molecule has 0 fully saturated rings. The highest BCUT2D eigenvalue weighted by Gasteiger charge is 2.31. The summed E-state index contributed by atoms with van der Waals surface area (Å²) in [6.07, 6.45) is 2.47. The number of halogens is 1. The van der Waals surface area contributed by atoms with Crippen LogP contribution in [0.1, 0.15) is 31.1 Å². The third-order valence-electron chi connectivity index (χ3n) is 5.65. The molecule has 0 aliphatic carbocycles. The van der Waals surface area contributed by atoms with Gasteiger partial charge in [0, 0.05) is 22.0 Å². The Morgan fingerprint density at radius 1 is 1.11 bits per heavy atom. The van der Waals surface area contributed by atoms with Crippen LogP contribution in [0.2, 0.25) is 5.02 Å². The molecule has 2 aromatic heterocycles. The molecule has 1 aliphatic rings. The van der Waals surface area contributed by atoms with Gasteiger partial charge in [-0.05, 0) is 43.7 Å². The van der Waals surface area contributed by atoms with Gasteiger partial charge < -0.3 is 15.1 Å². The number of nitrogens with one attached hydrogen (secondary N) is 3. The van der Waals surface area contributed by atoms with E-state index < -0.39 is 6.04 Å². The van der Waals surface area contributed by atoms with Gasteiger partial charge in [-0.1, -0.05) is 48.9 Å². The molecule has 1 amide bonds. The molecule has 9 heteroatoms. The second-order valence-electron chi connectivity index (χ2n) is 8.02. The molecule has 8 nitrogen and oxygen atoms in total. The van der Waals surface area contributed by atoms with Gasteiger partial charge in [0.05, 0.1) is 17.5 Å². The van der Waals surface area contributed by atoms with Gasteiger partial charge in [0.15, 0.2) is 5.58 Å². The minimum atomic E-state index is -0.653. The van der Waals surface area contributed by atoms with Crippen molar-refractivity contribution in [3.05, 3.63) is 94.4 Å². The Labute approximate surface area is 207 Å². The fraction of sp³-hybridized carbons (Fsp3) is 0.154. The number of oxazole rings is 1. The number of rotatable bonds is 5. The standard InChI is InChI=1S/C26H23ClN6O2/c1-3-16-12-13-17(14-28-16)30-24(34)22-15(2)29-25(32-23(22)18-8-4-5-9-19(18)27)33-26-31-20-10-6-7-11-21(20)35-26/h4-14,23H,3H2,1-2H3,(H,30,34)(H2,29,31,32,33). The number of anilines is 2. The number of para-hydroxylation sites is 2. The quantitative estimate of drug-likeness (QED) is 0.346. The molecule has 4 aromatic rings. The number of hydrogen-bond donors (Lipinski definition) is 3. The highest BCUT2D eigenvalue weighted by molar-refractivity contribution is 6.31. The zero-order valence-corrected chi connectivity index (χ0v) is 19.9. The first-order chi connectivity index (χ1) is 17.0. The number of pyridine rings is 1. The minimum Gasteiger partial charge on any atom is -0.423 e. The molecule has 2 aromatic carbocycles. The van der Waals surface area contributed by atoms with Gasteiger partial charge >= 0.3 is 6.01 Å². The maximum Gasteiger partial charge on any atom is 0.302 e. The number of fused-ring (bicyclic) bond motifs is 1. The first-order valence-corrected chi connectivity index (χ1v) is 11.6. The number of amides is 1. The fourth-order valence-corrected chi connectivity index (χ4v) is 4.13. The number of carbonyl (C=O) groups excluding carboxylic acids is 1. The highest BCUT2D eigenvalue weighted by atomic mass is 35.5. The van der Waals surface area contributed by atoms with E-state index >= 15 is 0 Å². The maximum atomic E-state index is 13.4. The van der Waals surface area contributed by atoms with Gasteiger partial charge in [0.25, 0.3) is 5.91 Å². The van der Waals surface area contributed by atoms with Crippen molar-refractivity contribution in [2.75, 3.05) is 10.6 Å². The van der Waals surface area contributed by atoms with Crippen LogP contribution in [0.3, 0.4) is 0 Å². The Balaban J connectivity index is 1.47. The first kappa shape index (κ1) is 22.6. The Morgan fingerprint density at radius 3 is 2.66 bits per heavy atom. The Morgan fingerprint density at radius 2 is 1.91 bits per heavy atom. The van der Waals surface area contributed by atoms with Crippen molar-refractivity contribution in [2.45, 2.75) is 26.3 Å². The van der Waals surface area contributed by atoms with Gasteiger partial charge in [-0.25, -0.2) is 4.99 Å². The van der Waals surface area contributed by atoms with Crippen LogP contribution in [-0.2, 0) is 11.2 Å². The van der Waals surface area contributed by atoms with E-state index in [0.717, 1.165) is 17.6 Å². The van der Waals surface area contributed by atoms with E-state index in [1.165, 1.54) is 0 Å². The lowest BCUT2D eigenvalue weighted by molar-refractivity contribution is -0.113. The average molecular weight is 487 g/mol. The largest absolute Gasteiger partial charge is 0.423 e. The fourth-order valence-electron chi connectivity index (χ4n) is 3.89. The number of aryl methyl sites for hydroxylation is 1.